The highest BCUT2D eigenvalue weighted by Crippen LogP contribution is 2.29. The lowest BCUT2D eigenvalue weighted by Crippen LogP contribution is -2.22. The van der Waals surface area contributed by atoms with Crippen molar-refractivity contribution in [2.24, 2.45) is 0 Å². The molecule has 156 valence electrons. The highest BCUT2D eigenvalue weighted by atomic mass is 35.5. The zero-order valence-electron chi connectivity index (χ0n) is 16.0. The van der Waals surface area contributed by atoms with Crippen molar-refractivity contribution in [3.8, 4) is 17.2 Å². The van der Waals surface area contributed by atoms with Gasteiger partial charge in [0.25, 0.3) is 5.56 Å². The summed E-state index contributed by atoms with van der Waals surface area (Å²) in [5.41, 5.74) is 0.423. The highest BCUT2D eigenvalue weighted by molar-refractivity contribution is 7.99. The maximum absolute atomic E-state index is 13.4. The molecule has 3 rings (SSSR count). The molecule has 0 aliphatic heterocycles. The Morgan fingerprint density at radius 2 is 2.03 bits per heavy atom. The van der Waals surface area contributed by atoms with Gasteiger partial charge in [-0.2, -0.15) is 0 Å². The molecule has 1 N–H and O–H groups in total. The third-order valence-electron chi connectivity index (χ3n) is 4.01. The van der Waals surface area contributed by atoms with Gasteiger partial charge in [-0.25, -0.2) is 9.37 Å². The van der Waals surface area contributed by atoms with Crippen LogP contribution < -0.4 is 20.3 Å². The van der Waals surface area contributed by atoms with Gasteiger partial charge in [0.2, 0.25) is 5.91 Å². The second-order valence-corrected chi connectivity index (χ2v) is 7.28. The van der Waals surface area contributed by atoms with Crippen LogP contribution >= 0.6 is 23.4 Å². The minimum atomic E-state index is -0.581. The van der Waals surface area contributed by atoms with E-state index in [4.69, 9.17) is 21.1 Å². The van der Waals surface area contributed by atoms with E-state index in [1.165, 1.54) is 49.4 Å². The van der Waals surface area contributed by atoms with Crippen LogP contribution in [0, 0.1) is 5.82 Å². The molecule has 0 saturated heterocycles. The summed E-state index contributed by atoms with van der Waals surface area (Å²) in [6, 6.07) is 8.94. The lowest BCUT2D eigenvalue weighted by atomic mass is 10.2. The number of nitrogens with zero attached hydrogens (tertiary/aromatic N) is 2. The van der Waals surface area contributed by atoms with Crippen LogP contribution in [0.5, 0.6) is 11.5 Å². The van der Waals surface area contributed by atoms with E-state index in [1.807, 2.05) is 0 Å². The molecule has 0 aliphatic rings. The number of amides is 1. The van der Waals surface area contributed by atoms with E-state index in [9.17, 15) is 14.0 Å². The van der Waals surface area contributed by atoms with Gasteiger partial charge in [-0.15, -0.1) is 0 Å². The number of thioether (sulfide) groups is 1. The molecule has 0 saturated carbocycles. The second kappa shape index (κ2) is 9.64. The molecule has 2 aromatic carbocycles. The van der Waals surface area contributed by atoms with Crippen molar-refractivity contribution < 1.29 is 18.7 Å². The smallest absolute Gasteiger partial charge is 0.287 e. The third-order valence-corrected chi connectivity index (χ3v) is 5.26. The Bertz CT molecular complexity index is 1140. The summed E-state index contributed by atoms with van der Waals surface area (Å²) in [5, 5.41) is 2.75. The zero-order valence-corrected chi connectivity index (χ0v) is 17.6. The fourth-order valence-electron chi connectivity index (χ4n) is 2.55. The number of carbonyl (C=O) groups is 1. The summed E-state index contributed by atoms with van der Waals surface area (Å²) < 4.78 is 25.0. The summed E-state index contributed by atoms with van der Waals surface area (Å²) in [5.74, 6) is 0.0638. The number of carbonyl (C=O) groups excluding carboxylic acids is 1. The number of hydrogen-bond acceptors (Lipinski definition) is 6. The Kier molecular flexibility index (Phi) is 6.96. The van der Waals surface area contributed by atoms with Gasteiger partial charge in [0.1, 0.15) is 17.3 Å². The number of halogens is 2. The van der Waals surface area contributed by atoms with E-state index < -0.39 is 11.4 Å². The Hall–Kier alpha value is -3.04. The molecule has 7 nitrogen and oxygen atoms in total. The van der Waals surface area contributed by atoms with E-state index in [0.717, 1.165) is 11.8 Å². The van der Waals surface area contributed by atoms with Crippen molar-refractivity contribution in [1.82, 2.24) is 9.55 Å². The summed E-state index contributed by atoms with van der Waals surface area (Å²) in [6.45, 7) is 0. The van der Waals surface area contributed by atoms with Gasteiger partial charge in [0.15, 0.2) is 5.03 Å². The molecule has 3 aromatic rings. The first-order chi connectivity index (χ1) is 14.4. The van der Waals surface area contributed by atoms with Crippen LogP contribution in [0.4, 0.5) is 10.1 Å². The van der Waals surface area contributed by atoms with Crippen LogP contribution in [0.25, 0.3) is 5.69 Å². The summed E-state index contributed by atoms with van der Waals surface area (Å²) in [6.07, 6.45) is 2.86. The van der Waals surface area contributed by atoms with Crippen molar-refractivity contribution in [3.05, 3.63) is 70.0 Å². The first-order valence-corrected chi connectivity index (χ1v) is 9.97. The SMILES string of the molecule is COc1ccc(NC(=O)CSc2nccn(-c3ccc(F)c(Cl)c3)c2=O)c(OC)c1. The molecule has 1 heterocycles. The minimum absolute atomic E-state index is 0.0500. The van der Waals surface area contributed by atoms with Gasteiger partial charge >= 0.3 is 0 Å². The number of benzene rings is 2. The van der Waals surface area contributed by atoms with E-state index in [2.05, 4.69) is 10.3 Å². The first kappa shape index (κ1) is 21.7. The van der Waals surface area contributed by atoms with Crippen LogP contribution in [0.15, 0.2) is 58.6 Å². The largest absolute Gasteiger partial charge is 0.497 e. The molecule has 0 unspecified atom stereocenters. The van der Waals surface area contributed by atoms with Gasteiger partial charge in [0.05, 0.1) is 36.4 Å². The van der Waals surface area contributed by atoms with Gasteiger partial charge in [0, 0.05) is 18.5 Å². The quantitative estimate of drug-likeness (QED) is 0.553. The molecule has 0 spiro atoms. The van der Waals surface area contributed by atoms with Crippen molar-refractivity contribution in [3.63, 3.8) is 0 Å². The molecule has 10 heteroatoms. The van der Waals surface area contributed by atoms with Gasteiger partial charge in [-0.1, -0.05) is 23.4 Å². The molecular weight excluding hydrogens is 433 g/mol. The predicted molar refractivity (Wildman–Crippen MR) is 114 cm³/mol. The van der Waals surface area contributed by atoms with Crippen molar-refractivity contribution in [2.45, 2.75) is 5.03 Å². The topological polar surface area (TPSA) is 82.5 Å². The monoisotopic (exact) mass is 449 g/mol. The summed E-state index contributed by atoms with van der Waals surface area (Å²) >= 11 is 6.78. The number of hydrogen-bond donors (Lipinski definition) is 1. The number of rotatable bonds is 7. The van der Waals surface area contributed by atoms with Crippen molar-refractivity contribution in [1.29, 1.82) is 0 Å². The Morgan fingerprint density at radius 3 is 2.73 bits per heavy atom. The number of ether oxygens (including phenoxy) is 2. The lowest BCUT2D eigenvalue weighted by Gasteiger charge is -2.11. The van der Waals surface area contributed by atoms with Gasteiger partial charge < -0.3 is 14.8 Å². The van der Waals surface area contributed by atoms with Crippen LogP contribution in [-0.4, -0.2) is 35.4 Å². The van der Waals surface area contributed by atoms with Gasteiger partial charge in [-0.3, -0.25) is 14.2 Å². The fourth-order valence-corrected chi connectivity index (χ4v) is 3.42. The molecule has 1 aromatic heterocycles. The minimum Gasteiger partial charge on any atom is -0.497 e. The molecule has 30 heavy (non-hydrogen) atoms. The Morgan fingerprint density at radius 1 is 1.23 bits per heavy atom. The molecule has 0 bridgehead atoms. The maximum Gasteiger partial charge on any atom is 0.287 e. The summed E-state index contributed by atoms with van der Waals surface area (Å²) in [7, 11) is 3.01. The molecule has 0 radical (unpaired) electrons. The van der Waals surface area contributed by atoms with Crippen molar-refractivity contribution in [2.75, 3.05) is 25.3 Å². The molecule has 0 fully saturated rings. The van der Waals surface area contributed by atoms with E-state index in [-0.39, 0.29) is 21.7 Å². The number of nitrogens with one attached hydrogen (secondary N) is 1. The normalized spacial score (nSPS) is 10.5. The lowest BCUT2D eigenvalue weighted by molar-refractivity contribution is -0.113. The Labute approximate surface area is 180 Å². The van der Waals surface area contributed by atoms with E-state index >= 15 is 0 Å². The van der Waals surface area contributed by atoms with Gasteiger partial charge in [-0.05, 0) is 30.3 Å². The third kappa shape index (κ3) is 4.92. The average Bonchev–Trinajstić information content (AvgIpc) is 2.75. The Balaban J connectivity index is 1.72. The van der Waals surface area contributed by atoms with Crippen LogP contribution in [-0.2, 0) is 4.79 Å². The second-order valence-electron chi connectivity index (χ2n) is 5.91. The molecule has 0 aliphatic carbocycles. The van der Waals surface area contributed by atoms with Crippen LogP contribution in [0.2, 0.25) is 5.02 Å². The first-order valence-electron chi connectivity index (χ1n) is 8.60. The summed E-state index contributed by atoms with van der Waals surface area (Å²) in [4.78, 5) is 29.1. The average molecular weight is 450 g/mol. The van der Waals surface area contributed by atoms with E-state index in [0.29, 0.717) is 22.9 Å². The fraction of sp³-hybridized carbons (Fsp3) is 0.150. The van der Waals surface area contributed by atoms with Crippen molar-refractivity contribution >= 4 is 35.0 Å². The number of aromatic nitrogens is 2. The zero-order chi connectivity index (χ0) is 21.7. The maximum atomic E-state index is 13.4. The number of anilines is 1. The molecule has 0 atom stereocenters. The van der Waals surface area contributed by atoms with Crippen LogP contribution in [0.1, 0.15) is 0 Å². The molecule has 1 amide bonds. The van der Waals surface area contributed by atoms with Crippen LogP contribution in [0.3, 0.4) is 0 Å². The van der Waals surface area contributed by atoms with E-state index in [1.54, 1.807) is 18.2 Å². The molecular formula is C20H17ClFN3O4S. The highest BCUT2D eigenvalue weighted by Gasteiger charge is 2.13. The predicted octanol–water partition coefficient (Wildman–Crippen LogP) is 3.77. The number of methoxy groups -OCH3 is 2. The standard InChI is InChI=1S/C20H17ClFN3O4S/c1-28-13-4-6-16(17(10-13)29-2)24-18(26)11-30-19-20(27)25(8-7-23-19)12-3-5-15(22)14(21)9-12/h3-10H,11H2,1-2H3,(H,24,26).